The third-order valence-electron chi connectivity index (χ3n) is 5.46. The second-order valence-corrected chi connectivity index (χ2v) is 8.46. The summed E-state index contributed by atoms with van der Waals surface area (Å²) in [5, 5.41) is 20.1. The molecule has 1 amide bonds. The molecule has 6 heteroatoms. The van der Waals surface area contributed by atoms with E-state index in [-0.39, 0.29) is 18.7 Å². The second kappa shape index (κ2) is 18.6. The predicted molar refractivity (Wildman–Crippen MR) is 125 cm³/mol. The highest BCUT2D eigenvalue weighted by Gasteiger charge is 2.18. The molecule has 0 aromatic rings. The van der Waals surface area contributed by atoms with E-state index >= 15 is 0 Å². The number of allylic oxidation sites excluding steroid dienone is 4. The average molecular weight is 438 g/mol. The summed E-state index contributed by atoms with van der Waals surface area (Å²) in [6.07, 6.45) is 16.3. The van der Waals surface area contributed by atoms with Crippen molar-refractivity contribution in [3.05, 3.63) is 23.3 Å². The second-order valence-electron chi connectivity index (χ2n) is 8.46. The minimum absolute atomic E-state index is 0.274. The number of carbonyl (C=O) groups excluding carboxylic acids is 1. The maximum atomic E-state index is 11.9. The highest BCUT2D eigenvalue weighted by molar-refractivity contribution is 5.79. The average Bonchev–Trinajstić information content (AvgIpc) is 2.68. The Balaban J connectivity index is 3.83. The molecule has 0 atom stereocenters. The molecule has 0 aliphatic heterocycles. The van der Waals surface area contributed by atoms with Crippen molar-refractivity contribution in [2.24, 2.45) is 0 Å². The standard InChI is InChI=1S/C25H43NO5/c1-4-5-12-15-20(2)21(3)16-13-10-8-6-7-9-11-14-17-23(27)26-22(18-24(28)29)19-25(30)31/h10,13,22H,4-9,11-12,14-19H2,1-3H3,(H,26,27)(H,28,29)(H,30,31)/b13-10-,21-20-. The molecule has 3 N–H and O–H groups in total. The van der Waals surface area contributed by atoms with Crippen LogP contribution in [-0.4, -0.2) is 34.1 Å². The summed E-state index contributed by atoms with van der Waals surface area (Å²) in [4.78, 5) is 33.4. The number of unbranched alkanes of at least 4 members (excludes halogenated alkanes) is 7. The lowest BCUT2D eigenvalue weighted by atomic mass is 10.0. The highest BCUT2D eigenvalue weighted by atomic mass is 16.4. The van der Waals surface area contributed by atoms with E-state index in [1.54, 1.807) is 0 Å². The molecule has 0 spiro atoms. The van der Waals surface area contributed by atoms with E-state index in [1.165, 1.54) is 36.8 Å². The Hall–Kier alpha value is -2.11. The van der Waals surface area contributed by atoms with Crippen LogP contribution >= 0.6 is 0 Å². The number of amides is 1. The third-order valence-corrected chi connectivity index (χ3v) is 5.46. The Kier molecular flexibility index (Phi) is 17.4. The molecule has 0 unspecified atom stereocenters. The van der Waals surface area contributed by atoms with Crippen LogP contribution in [0.2, 0.25) is 0 Å². The number of nitrogens with one attached hydrogen (secondary N) is 1. The van der Waals surface area contributed by atoms with Crippen LogP contribution in [0.1, 0.15) is 111 Å². The summed E-state index contributed by atoms with van der Waals surface area (Å²) in [5.41, 5.74) is 3.01. The fourth-order valence-electron chi connectivity index (χ4n) is 3.38. The van der Waals surface area contributed by atoms with E-state index in [1.807, 2.05) is 0 Å². The predicted octanol–water partition coefficient (Wildman–Crippen LogP) is 6.01. The highest BCUT2D eigenvalue weighted by Crippen LogP contribution is 2.16. The number of hydrogen-bond donors (Lipinski definition) is 3. The van der Waals surface area contributed by atoms with Gasteiger partial charge in [-0.1, -0.05) is 62.3 Å². The summed E-state index contributed by atoms with van der Waals surface area (Å²) in [7, 11) is 0. The molecular formula is C25H43NO5. The minimum Gasteiger partial charge on any atom is -0.481 e. The first kappa shape index (κ1) is 28.9. The van der Waals surface area contributed by atoms with Crippen LogP contribution in [-0.2, 0) is 14.4 Å². The molecule has 0 aromatic heterocycles. The van der Waals surface area contributed by atoms with Gasteiger partial charge in [0.25, 0.3) is 0 Å². The maximum Gasteiger partial charge on any atom is 0.305 e. The minimum atomic E-state index is -1.12. The van der Waals surface area contributed by atoms with Gasteiger partial charge in [0, 0.05) is 12.5 Å². The van der Waals surface area contributed by atoms with E-state index in [0.717, 1.165) is 44.9 Å². The first-order valence-corrected chi connectivity index (χ1v) is 11.8. The van der Waals surface area contributed by atoms with Crippen molar-refractivity contribution in [2.75, 3.05) is 0 Å². The van der Waals surface area contributed by atoms with E-state index in [9.17, 15) is 14.4 Å². The number of carboxylic acids is 2. The number of aliphatic carboxylic acids is 2. The molecule has 0 aromatic carbocycles. The molecule has 0 aliphatic carbocycles. The fraction of sp³-hybridized carbons (Fsp3) is 0.720. The van der Waals surface area contributed by atoms with E-state index in [4.69, 9.17) is 10.2 Å². The topological polar surface area (TPSA) is 104 Å². The SMILES string of the molecule is CCCCC/C(C)=C(/C)C/C=C\CCCCCCCC(=O)NC(CC(=O)O)CC(=O)O. The quantitative estimate of drug-likeness (QED) is 0.169. The van der Waals surface area contributed by atoms with E-state index < -0.39 is 18.0 Å². The molecule has 0 heterocycles. The van der Waals surface area contributed by atoms with Crippen molar-refractivity contribution in [1.29, 1.82) is 0 Å². The Morgan fingerprint density at radius 3 is 1.97 bits per heavy atom. The Morgan fingerprint density at radius 1 is 0.774 bits per heavy atom. The smallest absolute Gasteiger partial charge is 0.305 e. The van der Waals surface area contributed by atoms with Gasteiger partial charge in [0.1, 0.15) is 0 Å². The van der Waals surface area contributed by atoms with Crippen LogP contribution in [0.5, 0.6) is 0 Å². The molecular weight excluding hydrogens is 394 g/mol. The van der Waals surface area contributed by atoms with Crippen molar-refractivity contribution in [3.8, 4) is 0 Å². The first-order valence-electron chi connectivity index (χ1n) is 11.8. The first-order chi connectivity index (χ1) is 14.8. The lowest BCUT2D eigenvalue weighted by Crippen LogP contribution is -2.37. The van der Waals surface area contributed by atoms with Crippen LogP contribution in [0.3, 0.4) is 0 Å². The number of hydrogen-bond acceptors (Lipinski definition) is 3. The molecule has 0 saturated heterocycles. The van der Waals surface area contributed by atoms with Crippen molar-refractivity contribution in [3.63, 3.8) is 0 Å². The fourth-order valence-corrected chi connectivity index (χ4v) is 3.38. The number of rotatable bonds is 19. The Morgan fingerprint density at radius 2 is 1.35 bits per heavy atom. The maximum absolute atomic E-state index is 11.9. The van der Waals surface area contributed by atoms with Crippen molar-refractivity contribution >= 4 is 17.8 Å². The van der Waals surface area contributed by atoms with Crippen LogP contribution in [0.4, 0.5) is 0 Å². The molecule has 6 nitrogen and oxygen atoms in total. The van der Waals surface area contributed by atoms with Crippen LogP contribution < -0.4 is 5.32 Å². The molecule has 0 rings (SSSR count). The van der Waals surface area contributed by atoms with Gasteiger partial charge in [-0.25, -0.2) is 0 Å². The summed E-state index contributed by atoms with van der Waals surface area (Å²) < 4.78 is 0. The summed E-state index contributed by atoms with van der Waals surface area (Å²) in [6, 6.07) is -0.854. The molecule has 31 heavy (non-hydrogen) atoms. The van der Waals surface area contributed by atoms with Gasteiger partial charge < -0.3 is 15.5 Å². The zero-order valence-electron chi connectivity index (χ0n) is 19.8. The molecule has 0 aliphatic rings. The third kappa shape index (κ3) is 18.4. The summed E-state index contributed by atoms with van der Waals surface area (Å²) >= 11 is 0. The van der Waals surface area contributed by atoms with Gasteiger partial charge in [0.15, 0.2) is 0 Å². The molecule has 0 bridgehead atoms. The Bertz CT molecular complexity index is 579. The van der Waals surface area contributed by atoms with Crippen LogP contribution in [0, 0.1) is 0 Å². The van der Waals surface area contributed by atoms with Gasteiger partial charge in [0.2, 0.25) is 5.91 Å². The number of carboxylic acid groups (broad SMARTS) is 2. The zero-order chi connectivity index (χ0) is 23.5. The van der Waals surface area contributed by atoms with Gasteiger partial charge in [-0.05, 0) is 52.4 Å². The largest absolute Gasteiger partial charge is 0.481 e. The van der Waals surface area contributed by atoms with Crippen molar-refractivity contribution in [2.45, 2.75) is 117 Å². The van der Waals surface area contributed by atoms with Gasteiger partial charge in [-0.15, -0.1) is 0 Å². The summed E-state index contributed by atoms with van der Waals surface area (Å²) in [5.74, 6) is -2.51. The lowest BCUT2D eigenvalue weighted by Gasteiger charge is -2.14. The van der Waals surface area contributed by atoms with Gasteiger partial charge in [-0.3, -0.25) is 14.4 Å². The Labute approximate surface area is 188 Å². The van der Waals surface area contributed by atoms with Crippen LogP contribution in [0.25, 0.3) is 0 Å². The molecule has 178 valence electrons. The van der Waals surface area contributed by atoms with Crippen molar-refractivity contribution in [1.82, 2.24) is 5.32 Å². The van der Waals surface area contributed by atoms with Crippen molar-refractivity contribution < 1.29 is 24.6 Å². The number of carbonyl (C=O) groups is 3. The van der Waals surface area contributed by atoms with Gasteiger partial charge >= 0.3 is 11.9 Å². The van der Waals surface area contributed by atoms with Gasteiger partial charge in [0.05, 0.1) is 12.8 Å². The normalized spacial score (nSPS) is 12.3. The summed E-state index contributed by atoms with van der Waals surface area (Å²) in [6.45, 7) is 6.71. The zero-order valence-corrected chi connectivity index (χ0v) is 19.8. The molecule has 0 fully saturated rings. The lowest BCUT2D eigenvalue weighted by molar-refractivity contribution is -0.139. The van der Waals surface area contributed by atoms with Crippen LogP contribution in [0.15, 0.2) is 23.3 Å². The van der Waals surface area contributed by atoms with E-state index in [0.29, 0.717) is 6.42 Å². The molecule has 0 radical (unpaired) electrons. The van der Waals surface area contributed by atoms with Gasteiger partial charge in [-0.2, -0.15) is 0 Å². The van der Waals surface area contributed by atoms with E-state index in [2.05, 4.69) is 38.2 Å². The molecule has 0 saturated carbocycles. The monoisotopic (exact) mass is 437 g/mol.